The van der Waals surface area contributed by atoms with Crippen molar-refractivity contribution in [3.05, 3.63) is 58.7 Å². The number of nitrogens with zero attached hydrogens (tertiary/aromatic N) is 1. The number of hydrogen-bond acceptors (Lipinski definition) is 2. The molecule has 0 spiro atoms. The molecular weight excluding hydrogens is 272 g/mol. The molecule has 1 fully saturated rings. The van der Waals surface area contributed by atoms with Gasteiger partial charge in [-0.25, -0.2) is 4.98 Å². The number of aryl methyl sites for hydroxylation is 1. The quantitative estimate of drug-likeness (QED) is 0.933. The van der Waals surface area contributed by atoms with Crippen molar-refractivity contribution in [3.63, 3.8) is 0 Å². The van der Waals surface area contributed by atoms with Crippen LogP contribution in [0.15, 0.2) is 42.6 Å². The second kappa shape index (κ2) is 5.25. The van der Waals surface area contributed by atoms with Crippen molar-refractivity contribution in [1.82, 2.24) is 4.98 Å². The van der Waals surface area contributed by atoms with Gasteiger partial charge in [-0.1, -0.05) is 29.8 Å². The second-order valence-corrected chi connectivity index (χ2v) is 5.59. The predicted octanol–water partition coefficient (Wildman–Crippen LogP) is 3.79. The minimum absolute atomic E-state index is 0.00258. The number of rotatable bonds is 3. The van der Waals surface area contributed by atoms with Gasteiger partial charge in [0.1, 0.15) is 5.82 Å². The molecule has 1 aromatic carbocycles. The standard InChI is InChI=1S/C16H15ClN2O/c1-10-6-7-18-15(8-10)19-16(20)13-9-12(13)11-4-2-3-5-14(11)17/h2-8,12-13H,9H2,1H3,(H,18,19,20). The van der Waals surface area contributed by atoms with E-state index in [2.05, 4.69) is 10.3 Å². The Hall–Kier alpha value is -1.87. The summed E-state index contributed by atoms with van der Waals surface area (Å²) < 4.78 is 0. The number of pyridine rings is 1. The van der Waals surface area contributed by atoms with Crippen LogP contribution in [-0.2, 0) is 4.79 Å². The average Bonchev–Trinajstić information content (AvgIpc) is 3.19. The number of nitrogens with one attached hydrogen (secondary N) is 1. The van der Waals surface area contributed by atoms with E-state index in [4.69, 9.17) is 11.6 Å². The topological polar surface area (TPSA) is 42.0 Å². The Balaban J connectivity index is 1.68. The van der Waals surface area contributed by atoms with Gasteiger partial charge in [0.2, 0.25) is 5.91 Å². The molecule has 0 bridgehead atoms. The van der Waals surface area contributed by atoms with Crippen LogP contribution in [-0.4, -0.2) is 10.9 Å². The molecule has 2 unspecified atom stereocenters. The third kappa shape index (κ3) is 2.68. The van der Waals surface area contributed by atoms with Crippen molar-refractivity contribution >= 4 is 23.3 Å². The molecule has 4 heteroatoms. The van der Waals surface area contributed by atoms with Gasteiger partial charge in [-0.15, -0.1) is 0 Å². The van der Waals surface area contributed by atoms with E-state index in [0.717, 1.165) is 22.6 Å². The molecular formula is C16H15ClN2O. The molecule has 3 rings (SSSR count). The van der Waals surface area contributed by atoms with Crippen LogP contribution >= 0.6 is 11.6 Å². The number of anilines is 1. The number of amides is 1. The van der Waals surface area contributed by atoms with Gasteiger partial charge in [-0.3, -0.25) is 4.79 Å². The molecule has 0 aliphatic heterocycles. The summed E-state index contributed by atoms with van der Waals surface area (Å²) in [6.45, 7) is 1.97. The van der Waals surface area contributed by atoms with E-state index in [1.165, 1.54) is 0 Å². The number of hydrogen-bond donors (Lipinski definition) is 1. The Bertz CT molecular complexity index is 656. The molecule has 1 N–H and O–H groups in total. The molecule has 0 radical (unpaired) electrons. The molecule has 0 saturated heterocycles. The first kappa shape index (κ1) is 13.1. The van der Waals surface area contributed by atoms with E-state index in [9.17, 15) is 4.79 Å². The van der Waals surface area contributed by atoms with Gasteiger partial charge in [-0.05, 0) is 48.6 Å². The maximum Gasteiger partial charge on any atom is 0.229 e. The molecule has 1 saturated carbocycles. The van der Waals surface area contributed by atoms with Crippen LogP contribution in [0.2, 0.25) is 5.02 Å². The second-order valence-electron chi connectivity index (χ2n) is 5.18. The summed E-state index contributed by atoms with van der Waals surface area (Å²) in [5.41, 5.74) is 2.14. The predicted molar refractivity (Wildman–Crippen MR) is 79.9 cm³/mol. The smallest absolute Gasteiger partial charge is 0.229 e. The fraction of sp³-hybridized carbons (Fsp3) is 0.250. The molecule has 3 nitrogen and oxygen atoms in total. The summed E-state index contributed by atoms with van der Waals surface area (Å²) in [4.78, 5) is 16.3. The highest BCUT2D eigenvalue weighted by Gasteiger charge is 2.44. The number of benzene rings is 1. The summed E-state index contributed by atoms with van der Waals surface area (Å²) in [5.74, 6) is 0.860. The monoisotopic (exact) mass is 286 g/mol. The van der Waals surface area contributed by atoms with Gasteiger partial charge in [0.15, 0.2) is 0 Å². The summed E-state index contributed by atoms with van der Waals surface area (Å²) >= 11 is 6.17. The van der Waals surface area contributed by atoms with Crippen molar-refractivity contribution in [2.75, 3.05) is 5.32 Å². The third-order valence-corrected chi connectivity index (χ3v) is 3.94. The van der Waals surface area contributed by atoms with Crippen molar-refractivity contribution in [1.29, 1.82) is 0 Å². The molecule has 1 aromatic heterocycles. The van der Waals surface area contributed by atoms with E-state index in [1.54, 1.807) is 6.20 Å². The lowest BCUT2D eigenvalue weighted by Crippen LogP contribution is -2.15. The van der Waals surface area contributed by atoms with Crippen LogP contribution in [0.3, 0.4) is 0 Å². The number of aromatic nitrogens is 1. The highest BCUT2D eigenvalue weighted by molar-refractivity contribution is 6.31. The Labute approximate surface area is 123 Å². The normalized spacial score (nSPS) is 20.5. The maximum absolute atomic E-state index is 12.2. The molecule has 1 aliphatic rings. The van der Waals surface area contributed by atoms with Gasteiger partial charge in [0.25, 0.3) is 0 Å². The zero-order valence-corrected chi connectivity index (χ0v) is 11.9. The van der Waals surface area contributed by atoms with Crippen molar-refractivity contribution < 1.29 is 4.79 Å². The third-order valence-electron chi connectivity index (χ3n) is 3.60. The Kier molecular flexibility index (Phi) is 3.45. The SMILES string of the molecule is Cc1ccnc(NC(=O)C2CC2c2ccccc2Cl)c1. The van der Waals surface area contributed by atoms with Crippen LogP contribution in [0.1, 0.15) is 23.5 Å². The summed E-state index contributed by atoms with van der Waals surface area (Å²) in [6.07, 6.45) is 2.55. The molecule has 20 heavy (non-hydrogen) atoms. The van der Waals surface area contributed by atoms with Gasteiger partial charge >= 0.3 is 0 Å². The van der Waals surface area contributed by atoms with E-state index in [-0.39, 0.29) is 17.7 Å². The lowest BCUT2D eigenvalue weighted by atomic mass is 10.1. The lowest BCUT2D eigenvalue weighted by molar-refractivity contribution is -0.117. The van der Waals surface area contributed by atoms with Gasteiger partial charge in [0, 0.05) is 17.1 Å². The largest absolute Gasteiger partial charge is 0.310 e. The molecule has 1 amide bonds. The van der Waals surface area contributed by atoms with Gasteiger partial charge in [0.05, 0.1) is 0 Å². The zero-order chi connectivity index (χ0) is 14.1. The zero-order valence-electron chi connectivity index (χ0n) is 11.1. The number of halogens is 1. The molecule has 1 heterocycles. The van der Waals surface area contributed by atoms with Gasteiger partial charge < -0.3 is 5.32 Å². The Morgan fingerprint density at radius 1 is 1.35 bits per heavy atom. The van der Waals surface area contributed by atoms with Crippen LogP contribution in [0.5, 0.6) is 0 Å². The fourth-order valence-electron chi connectivity index (χ4n) is 2.43. The fourth-order valence-corrected chi connectivity index (χ4v) is 2.70. The van der Waals surface area contributed by atoms with Crippen LogP contribution in [0.25, 0.3) is 0 Å². The maximum atomic E-state index is 12.2. The van der Waals surface area contributed by atoms with E-state index < -0.39 is 0 Å². The molecule has 102 valence electrons. The Morgan fingerprint density at radius 3 is 2.90 bits per heavy atom. The van der Waals surface area contributed by atoms with Crippen molar-refractivity contribution in [2.45, 2.75) is 19.3 Å². The van der Waals surface area contributed by atoms with Gasteiger partial charge in [-0.2, -0.15) is 0 Å². The van der Waals surface area contributed by atoms with E-state index in [1.807, 2.05) is 43.3 Å². The van der Waals surface area contributed by atoms with Crippen LogP contribution in [0, 0.1) is 12.8 Å². The number of carbonyl (C=O) groups excluding carboxylic acids is 1. The summed E-state index contributed by atoms with van der Waals surface area (Å²) in [6, 6.07) is 11.5. The van der Waals surface area contributed by atoms with E-state index >= 15 is 0 Å². The first-order valence-corrected chi connectivity index (χ1v) is 7.01. The minimum atomic E-state index is -0.00258. The highest BCUT2D eigenvalue weighted by atomic mass is 35.5. The summed E-state index contributed by atoms with van der Waals surface area (Å²) in [7, 11) is 0. The van der Waals surface area contributed by atoms with Crippen LogP contribution < -0.4 is 5.32 Å². The molecule has 2 aromatic rings. The van der Waals surface area contributed by atoms with Crippen molar-refractivity contribution in [3.8, 4) is 0 Å². The minimum Gasteiger partial charge on any atom is -0.310 e. The number of carbonyl (C=O) groups is 1. The summed E-state index contributed by atoms with van der Waals surface area (Å²) in [5, 5.41) is 3.61. The molecule has 1 aliphatic carbocycles. The first-order chi connectivity index (χ1) is 9.65. The van der Waals surface area contributed by atoms with Crippen LogP contribution in [0.4, 0.5) is 5.82 Å². The molecule has 2 atom stereocenters. The van der Waals surface area contributed by atoms with E-state index in [0.29, 0.717) is 5.82 Å². The lowest BCUT2D eigenvalue weighted by Gasteiger charge is -2.05. The highest BCUT2D eigenvalue weighted by Crippen LogP contribution is 2.49. The first-order valence-electron chi connectivity index (χ1n) is 6.63. The Morgan fingerprint density at radius 2 is 2.15 bits per heavy atom. The van der Waals surface area contributed by atoms with Crippen molar-refractivity contribution in [2.24, 2.45) is 5.92 Å². The average molecular weight is 287 g/mol.